The molecule has 0 saturated heterocycles. The predicted molar refractivity (Wildman–Crippen MR) is 65.6 cm³/mol. The van der Waals surface area contributed by atoms with E-state index in [0.717, 1.165) is 12.1 Å². The molecule has 0 aliphatic rings. The molecule has 1 atom stereocenters. The van der Waals surface area contributed by atoms with Crippen LogP contribution >= 0.6 is 0 Å². The fourth-order valence-electron chi connectivity index (χ4n) is 1.72. The number of nitrogens with two attached hydrogens (primary N) is 1. The first-order valence-electron chi connectivity index (χ1n) is 5.68. The fraction of sp³-hybridized carbons (Fsp3) is 0.231. The van der Waals surface area contributed by atoms with Crippen molar-refractivity contribution in [2.45, 2.75) is 12.2 Å². The molecule has 6 heteroatoms. The van der Waals surface area contributed by atoms with E-state index in [1.54, 1.807) is 18.2 Å². The van der Waals surface area contributed by atoms with Gasteiger partial charge in [0.25, 0.3) is 0 Å². The average molecular weight is 270 g/mol. The number of benzene rings is 1. The van der Waals surface area contributed by atoms with Crippen LogP contribution in [0.3, 0.4) is 0 Å². The van der Waals surface area contributed by atoms with Crippen LogP contribution in [0.5, 0.6) is 0 Å². The van der Waals surface area contributed by atoms with Crippen molar-refractivity contribution in [2.24, 2.45) is 5.73 Å². The van der Waals surface area contributed by atoms with Crippen molar-refractivity contribution in [1.82, 2.24) is 0 Å². The van der Waals surface area contributed by atoms with E-state index in [1.165, 1.54) is 12.3 Å². The minimum absolute atomic E-state index is 0.212. The van der Waals surface area contributed by atoms with E-state index in [1.807, 2.05) is 0 Å². The van der Waals surface area contributed by atoms with Gasteiger partial charge < -0.3 is 15.5 Å². The van der Waals surface area contributed by atoms with Gasteiger partial charge in [-0.3, -0.25) is 0 Å². The Bertz CT molecular complexity index is 523. The van der Waals surface area contributed by atoms with Crippen molar-refractivity contribution < 1.29 is 17.6 Å². The van der Waals surface area contributed by atoms with E-state index in [-0.39, 0.29) is 12.6 Å². The molecule has 0 aliphatic heterocycles. The Morgan fingerprint density at radius 1 is 1.21 bits per heavy atom. The minimum atomic E-state index is -4.36. The van der Waals surface area contributed by atoms with E-state index in [4.69, 9.17) is 10.2 Å². The molecule has 2 aromatic rings. The summed E-state index contributed by atoms with van der Waals surface area (Å²) in [6.45, 7) is 0.212. The Morgan fingerprint density at radius 2 is 2.00 bits per heavy atom. The molecule has 102 valence electrons. The molecule has 0 radical (unpaired) electrons. The van der Waals surface area contributed by atoms with Gasteiger partial charge in [-0.05, 0) is 30.3 Å². The van der Waals surface area contributed by atoms with Crippen LogP contribution in [0.25, 0.3) is 0 Å². The third kappa shape index (κ3) is 3.29. The van der Waals surface area contributed by atoms with Crippen molar-refractivity contribution >= 4 is 5.69 Å². The third-order valence-electron chi connectivity index (χ3n) is 2.65. The molecule has 1 heterocycles. The number of rotatable bonds is 4. The van der Waals surface area contributed by atoms with Crippen molar-refractivity contribution in [1.29, 1.82) is 0 Å². The summed E-state index contributed by atoms with van der Waals surface area (Å²) in [6.07, 6.45) is -2.87. The van der Waals surface area contributed by atoms with Gasteiger partial charge in [0, 0.05) is 12.2 Å². The maximum absolute atomic E-state index is 12.6. The Morgan fingerprint density at radius 3 is 2.58 bits per heavy atom. The standard InChI is InChI=1S/C13H13F3N2O/c14-13(15,16)9-3-1-4-10(7-9)18-11(8-17)12-5-2-6-19-12/h1-7,11,18H,8,17H2. The first-order valence-corrected chi connectivity index (χ1v) is 5.68. The monoisotopic (exact) mass is 270 g/mol. The number of alkyl halides is 3. The van der Waals surface area contributed by atoms with E-state index in [2.05, 4.69) is 5.32 Å². The number of hydrogen-bond acceptors (Lipinski definition) is 3. The quantitative estimate of drug-likeness (QED) is 0.895. The Kier molecular flexibility index (Phi) is 3.80. The Labute approximate surface area is 108 Å². The maximum Gasteiger partial charge on any atom is 0.416 e. The highest BCUT2D eigenvalue weighted by molar-refractivity contribution is 5.48. The van der Waals surface area contributed by atoms with Crippen molar-refractivity contribution in [2.75, 3.05) is 11.9 Å². The zero-order chi connectivity index (χ0) is 13.9. The van der Waals surface area contributed by atoms with E-state index in [0.29, 0.717) is 11.4 Å². The second-order valence-electron chi connectivity index (χ2n) is 4.03. The lowest BCUT2D eigenvalue weighted by Gasteiger charge is -2.17. The van der Waals surface area contributed by atoms with Crippen LogP contribution in [0.1, 0.15) is 17.4 Å². The summed E-state index contributed by atoms with van der Waals surface area (Å²) in [6, 6.07) is 8.03. The predicted octanol–water partition coefficient (Wildman–Crippen LogP) is 3.41. The van der Waals surface area contributed by atoms with Crippen LogP contribution in [0.15, 0.2) is 47.1 Å². The molecular formula is C13H13F3N2O. The zero-order valence-electron chi connectivity index (χ0n) is 9.95. The van der Waals surface area contributed by atoms with Gasteiger partial charge in [0.2, 0.25) is 0 Å². The summed E-state index contributed by atoms with van der Waals surface area (Å²) < 4.78 is 43.0. The van der Waals surface area contributed by atoms with Gasteiger partial charge in [-0.15, -0.1) is 0 Å². The molecule has 1 aromatic carbocycles. The summed E-state index contributed by atoms with van der Waals surface area (Å²) in [7, 11) is 0. The SMILES string of the molecule is NCC(Nc1cccc(C(F)(F)F)c1)c1ccco1. The fourth-order valence-corrected chi connectivity index (χ4v) is 1.72. The first-order chi connectivity index (χ1) is 9.00. The van der Waals surface area contributed by atoms with Gasteiger partial charge in [-0.2, -0.15) is 13.2 Å². The molecule has 3 N–H and O–H groups in total. The van der Waals surface area contributed by atoms with Crippen LogP contribution in [-0.4, -0.2) is 6.54 Å². The Balaban J connectivity index is 2.19. The molecule has 3 nitrogen and oxygen atoms in total. The number of halogens is 3. The summed E-state index contributed by atoms with van der Waals surface area (Å²) in [4.78, 5) is 0. The molecule has 0 bridgehead atoms. The third-order valence-corrected chi connectivity index (χ3v) is 2.65. The van der Waals surface area contributed by atoms with Gasteiger partial charge >= 0.3 is 6.18 Å². The first kappa shape index (κ1) is 13.5. The summed E-state index contributed by atoms with van der Waals surface area (Å²) in [5.41, 5.74) is 5.24. The highest BCUT2D eigenvalue weighted by Gasteiger charge is 2.30. The molecule has 19 heavy (non-hydrogen) atoms. The zero-order valence-corrected chi connectivity index (χ0v) is 9.95. The normalized spacial score (nSPS) is 13.3. The van der Waals surface area contributed by atoms with Crippen LogP contribution in [0.2, 0.25) is 0 Å². The molecule has 0 aliphatic carbocycles. The van der Waals surface area contributed by atoms with E-state index >= 15 is 0 Å². The second-order valence-corrected chi connectivity index (χ2v) is 4.03. The number of furan rings is 1. The smallest absolute Gasteiger partial charge is 0.416 e. The van der Waals surface area contributed by atoms with Gasteiger partial charge in [-0.25, -0.2) is 0 Å². The molecule has 0 fully saturated rings. The summed E-state index contributed by atoms with van der Waals surface area (Å²) in [5, 5.41) is 2.92. The second kappa shape index (κ2) is 5.36. The molecule has 2 rings (SSSR count). The van der Waals surface area contributed by atoms with Crippen molar-refractivity contribution in [3.05, 3.63) is 54.0 Å². The van der Waals surface area contributed by atoms with Gasteiger partial charge in [0.1, 0.15) is 5.76 Å². The summed E-state index contributed by atoms with van der Waals surface area (Å²) in [5.74, 6) is 0.583. The summed E-state index contributed by atoms with van der Waals surface area (Å²) >= 11 is 0. The Hall–Kier alpha value is -1.95. The molecular weight excluding hydrogens is 257 g/mol. The molecule has 1 aromatic heterocycles. The van der Waals surface area contributed by atoms with Crippen LogP contribution in [-0.2, 0) is 6.18 Å². The number of nitrogens with one attached hydrogen (secondary N) is 1. The highest BCUT2D eigenvalue weighted by Crippen LogP contribution is 2.31. The van der Waals surface area contributed by atoms with E-state index < -0.39 is 11.7 Å². The molecule has 0 amide bonds. The van der Waals surface area contributed by atoms with E-state index in [9.17, 15) is 13.2 Å². The largest absolute Gasteiger partial charge is 0.467 e. The lowest BCUT2D eigenvalue weighted by atomic mass is 10.1. The van der Waals surface area contributed by atoms with Gasteiger partial charge in [-0.1, -0.05) is 6.07 Å². The molecule has 0 spiro atoms. The van der Waals surface area contributed by atoms with Crippen molar-refractivity contribution in [3.63, 3.8) is 0 Å². The number of anilines is 1. The average Bonchev–Trinajstić information content (AvgIpc) is 2.89. The van der Waals surface area contributed by atoms with Gasteiger partial charge in [0.15, 0.2) is 0 Å². The van der Waals surface area contributed by atoms with Crippen LogP contribution in [0, 0.1) is 0 Å². The van der Waals surface area contributed by atoms with Crippen molar-refractivity contribution in [3.8, 4) is 0 Å². The molecule has 1 unspecified atom stereocenters. The van der Waals surface area contributed by atoms with Crippen LogP contribution < -0.4 is 11.1 Å². The van der Waals surface area contributed by atoms with Gasteiger partial charge in [0.05, 0.1) is 17.9 Å². The maximum atomic E-state index is 12.6. The lowest BCUT2D eigenvalue weighted by molar-refractivity contribution is -0.137. The minimum Gasteiger partial charge on any atom is -0.467 e. The molecule has 0 saturated carbocycles. The number of hydrogen-bond donors (Lipinski definition) is 2. The van der Waals surface area contributed by atoms with Crippen LogP contribution in [0.4, 0.5) is 18.9 Å². The highest BCUT2D eigenvalue weighted by atomic mass is 19.4. The topological polar surface area (TPSA) is 51.2 Å². The lowest BCUT2D eigenvalue weighted by Crippen LogP contribution is -2.20.